The topological polar surface area (TPSA) is 124 Å². The van der Waals surface area contributed by atoms with Crippen molar-refractivity contribution in [3.05, 3.63) is 54.6 Å². The lowest BCUT2D eigenvalue weighted by atomic mass is 9.94. The van der Waals surface area contributed by atoms with Gasteiger partial charge in [0, 0.05) is 38.0 Å². The van der Waals surface area contributed by atoms with E-state index in [2.05, 4.69) is 25.3 Å². The number of nitrogens with zero attached hydrogens (tertiary/aromatic N) is 6. The van der Waals surface area contributed by atoms with Crippen molar-refractivity contribution in [1.29, 1.82) is 0 Å². The van der Waals surface area contributed by atoms with Crippen molar-refractivity contribution >= 4 is 5.91 Å². The Morgan fingerprint density at radius 1 is 1.20 bits per heavy atom. The third-order valence-corrected chi connectivity index (χ3v) is 5.02. The minimum absolute atomic E-state index is 0.160. The largest absolute Gasteiger partial charge is 0.461 e. The average Bonchev–Trinajstić information content (AvgIpc) is 3.55. The van der Waals surface area contributed by atoms with E-state index in [9.17, 15) is 4.79 Å². The van der Waals surface area contributed by atoms with Crippen LogP contribution in [0.1, 0.15) is 29.2 Å². The van der Waals surface area contributed by atoms with Crippen LogP contribution in [0.4, 0.5) is 0 Å². The van der Waals surface area contributed by atoms with Crippen LogP contribution < -0.4 is 0 Å². The maximum Gasteiger partial charge on any atom is 0.276 e. The van der Waals surface area contributed by atoms with Crippen molar-refractivity contribution in [3.63, 3.8) is 0 Å². The van der Waals surface area contributed by atoms with Gasteiger partial charge in [-0.1, -0.05) is 10.3 Å². The van der Waals surface area contributed by atoms with Crippen molar-refractivity contribution in [2.24, 2.45) is 5.92 Å². The highest BCUT2D eigenvalue weighted by Gasteiger charge is 2.28. The zero-order chi connectivity index (χ0) is 20.3. The zero-order valence-corrected chi connectivity index (χ0v) is 16.0. The van der Waals surface area contributed by atoms with Gasteiger partial charge in [0.05, 0.1) is 12.5 Å². The molecular formula is C20H18N6O4. The van der Waals surface area contributed by atoms with Gasteiger partial charge in [-0.3, -0.25) is 9.78 Å². The molecule has 5 heterocycles. The number of carbonyl (C=O) groups excluding carboxylic acids is 1. The maximum absolute atomic E-state index is 12.9. The number of furan rings is 1. The lowest BCUT2D eigenvalue weighted by Gasteiger charge is -2.31. The minimum Gasteiger partial charge on any atom is -0.461 e. The molecule has 0 spiro atoms. The molecule has 0 bridgehead atoms. The standard InChI is InChI=1S/C20H18N6O4/c27-20(14-10-17(29-24-14)16-4-2-8-28-16)26-7-1-3-13(12-26)9-18-23-19(25-30-18)15-11-21-5-6-22-15/h2,4-6,8,10-11,13H,1,3,7,9,12H2. The first-order chi connectivity index (χ1) is 14.8. The maximum atomic E-state index is 12.9. The number of aromatic nitrogens is 5. The van der Waals surface area contributed by atoms with Crippen LogP contribution in [0, 0.1) is 5.92 Å². The zero-order valence-electron chi connectivity index (χ0n) is 16.0. The van der Waals surface area contributed by atoms with Gasteiger partial charge in [-0.05, 0) is 30.9 Å². The first-order valence-corrected chi connectivity index (χ1v) is 9.65. The molecule has 0 N–H and O–H groups in total. The van der Waals surface area contributed by atoms with Crippen molar-refractivity contribution in [3.8, 4) is 23.0 Å². The number of amides is 1. The molecule has 30 heavy (non-hydrogen) atoms. The van der Waals surface area contributed by atoms with Crippen molar-refractivity contribution in [1.82, 2.24) is 30.2 Å². The van der Waals surface area contributed by atoms with Gasteiger partial charge in [0.2, 0.25) is 17.5 Å². The van der Waals surface area contributed by atoms with E-state index in [0.717, 1.165) is 12.8 Å². The fourth-order valence-corrected chi connectivity index (χ4v) is 3.59. The molecule has 152 valence electrons. The summed E-state index contributed by atoms with van der Waals surface area (Å²) in [6, 6.07) is 5.11. The van der Waals surface area contributed by atoms with Gasteiger partial charge in [-0.25, -0.2) is 4.98 Å². The van der Waals surface area contributed by atoms with Gasteiger partial charge < -0.3 is 18.4 Å². The molecule has 4 aromatic rings. The van der Waals surface area contributed by atoms with Gasteiger partial charge in [0.25, 0.3) is 5.91 Å². The first-order valence-electron chi connectivity index (χ1n) is 9.65. The molecule has 1 aliphatic rings. The molecule has 1 atom stereocenters. The summed E-state index contributed by atoms with van der Waals surface area (Å²) in [6.07, 6.45) is 8.76. The van der Waals surface area contributed by atoms with Crippen LogP contribution in [0.25, 0.3) is 23.0 Å². The molecule has 0 aromatic carbocycles. The molecule has 1 saturated heterocycles. The Morgan fingerprint density at radius 2 is 2.17 bits per heavy atom. The van der Waals surface area contributed by atoms with Crippen LogP contribution in [0.3, 0.4) is 0 Å². The molecule has 0 saturated carbocycles. The summed E-state index contributed by atoms with van der Waals surface area (Å²) in [5.41, 5.74) is 0.830. The van der Waals surface area contributed by atoms with Crippen molar-refractivity contribution in [2.75, 3.05) is 13.1 Å². The molecular weight excluding hydrogens is 388 g/mol. The number of hydrogen-bond donors (Lipinski definition) is 0. The predicted molar refractivity (Wildman–Crippen MR) is 102 cm³/mol. The summed E-state index contributed by atoms with van der Waals surface area (Å²) in [6.45, 7) is 1.26. The predicted octanol–water partition coefficient (Wildman–Crippen LogP) is 2.87. The molecule has 5 rings (SSSR count). The molecule has 1 amide bonds. The van der Waals surface area contributed by atoms with Crippen molar-refractivity contribution < 1.29 is 18.3 Å². The van der Waals surface area contributed by atoms with Crippen LogP contribution in [0.2, 0.25) is 0 Å². The summed E-state index contributed by atoms with van der Waals surface area (Å²) in [5.74, 6) is 1.96. The Kier molecular flexibility index (Phi) is 4.80. The van der Waals surface area contributed by atoms with Crippen LogP contribution in [0.15, 0.2) is 56.5 Å². The van der Waals surface area contributed by atoms with E-state index < -0.39 is 0 Å². The van der Waals surface area contributed by atoms with Crippen LogP contribution in [-0.2, 0) is 6.42 Å². The first kappa shape index (κ1) is 18.2. The highest BCUT2D eigenvalue weighted by atomic mass is 16.5. The second-order valence-corrected chi connectivity index (χ2v) is 7.12. The molecule has 10 heteroatoms. The Labute approximate surface area is 170 Å². The summed E-state index contributed by atoms with van der Waals surface area (Å²) in [5, 5.41) is 7.89. The van der Waals surface area contributed by atoms with Gasteiger partial charge in [-0.15, -0.1) is 0 Å². The smallest absolute Gasteiger partial charge is 0.276 e. The molecule has 1 aliphatic heterocycles. The highest BCUT2D eigenvalue weighted by molar-refractivity contribution is 5.93. The Morgan fingerprint density at radius 3 is 3.00 bits per heavy atom. The van der Waals surface area contributed by atoms with Gasteiger partial charge >= 0.3 is 0 Å². The second kappa shape index (κ2) is 7.90. The van der Waals surface area contributed by atoms with E-state index in [1.54, 1.807) is 48.0 Å². The van der Waals surface area contributed by atoms with Gasteiger partial charge in [0.15, 0.2) is 11.5 Å². The Balaban J connectivity index is 1.24. The van der Waals surface area contributed by atoms with E-state index in [0.29, 0.717) is 48.4 Å². The van der Waals surface area contributed by atoms with E-state index in [1.165, 1.54) is 0 Å². The minimum atomic E-state index is -0.160. The van der Waals surface area contributed by atoms with Crippen LogP contribution in [0.5, 0.6) is 0 Å². The quantitative estimate of drug-likeness (QED) is 0.492. The average molecular weight is 406 g/mol. The van der Waals surface area contributed by atoms with Crippen LogP contribution >= 0.6 is 0 Å². The SMILES string of the molecule is O=C(c1cc(-c2ccco2)on1)N1CCCC(Cc2nc(-c3cnccn3)no2)C1. The summed E-state index contributed by atoms with van der Waals surface area (Å²) in [4.78, 5) is 27.3. The third-order valence-electron chi connectivity index (χ3n) is 5.02. The lowest BCUT2D eigenvalue weighted by Crippen LogP contribution is -2.40. The Bertz CT molecular complexity index is 1120. The molecule has 1 fully saturated rings. The number of hydrogen-bond acceptors (Lipinski definition) is 9. The second-order valence-electron chi connectivity index (χ2n) is 7.12. The number of piperidine rings is 1. The third kappa shape index (κ3) is 3.71. The highest BCUT2D eigenvalue weighted by Crippen LogP contribution is 2.25. The molecule has 0 aliphatic carbocycles. The Hall–Kier alpha value is -3.82. The monoisotopic (exact) mass is 406 g/mol. The van der Waals surface area contributed by atoms with E-state index in [-0.39, 0.29) is 17.5 Å². The van der Waals surface area contributed by atoms with Crippen LogP contribution in [-0.4, -0.2) is 49.2 Å². The van der Waals surface area contributed by atoms with E-state index in [4.69, 9.17) is 13.5 Å². The number of likely N-dealkylation sites (tertiary alicyclic amines) is 1. The molecule has 0 radical (unpaired) electrons. The van der Waals surface area contributed by atoms with Crippen molar-refractivity contribution in [2.45, 2.75) is 19.3 Å². The number of carbonyl (C=O) groups is 1. The molecule has 1 unspecified atom stereocenters. The number of rotatable bonds is 5. The van der Waals surface area contributed by atoms with Gasteiger partial charge in [-0.2, -0.15) is 4.98 Å². The summed E-state index contributed by atoms with van der Waals surface area (Å²) in [7, 11) is 0. The fraction of sp³-hybridized carbons (Fsp3) is 0.300. The summed E-state index contributed by atoms with van der Waals surface area (Å²) < 4.78 is 15.9. The van der Waals surface area contributed by atoms with E-state index >= 15 is 0 Å². The normalized spacial score (nSPS) is 16.7. The van der Waals surface area contributed by atoms with E-state index in [1.807, 2.05) is 0 Å². The lowest BCUT2D eigenvalue weighted by molar-refractivity contribution is 0.0657. The molecule has 10 nitrogen and oxygen atoms in total. The summed E-state index contributed by atoms with van der Waals surface area (Å²) >= 11 is 0. The fourth-order valence-electron chi connectivity index (χ4n) is 3.59. The van der Waals surface area contributed by atoms with Gasteiger partial charge in [0.1, 0.15) is 5.69 Å². The molecule has 4 aromatic heterocycles.